The normalized spacial score (nSPS) is 16.1. The van der Waals surface area contributed by atoms with Gasteiger partial charge in [-0.1, -0.05) is 6.07 Å². The first-order chi connectivity index (χ1) is 11.7. The first-order valence-corrected chi connectivity index (χ1v) is 8.24. The summed E-state index contributed by atoms with van der Waals surface area (Å²) in [5.74, 6) is 0.637. The standard InChI is InChI=1S/C16H22N6O2/c23-15(6-5-14-18-16(24)20-19-14)22-9-3-8-21(10-11-22)12-13-4-1-2-7-17-13/h1-2,4,7H,3,5-6,8-12H2,(H2,18,19,20,24). The number of aromatic nitrogens is 4. The van der Waals surface area contributed by atoms with Crippen LogP contribution in [-0.2, 0) is 17.8 Å². The van der Waals surface area contributed by atoms with Gasteiger partial charge >= 0.3 is 5.69 Å². The van der Waals surface area contributed by atoms with Gasteiger partial charge in [-0.05, 0) is 18.6 Å². The summed E-state index contributed by atoms with van der Waals surface area (Å²) in [5.41, 5.74) is 0.720. The van der Waals surface area contributed by atoms with Gasteiger partial charge < -0.3 is 4.90 Å². The van der Waals surface area contributed by atoms with Crippen molar-refractivity contribution in [3.05, 3.63) is 46.4 Å². The van der Waals surface area contributed by atoms with E-state index in [0.717, 1.165) is 44.8 Å². The second kappa shape index (κ2) is 7.87. The van der Waals surface area contributed by atoms with Gasteiger partial charge in [-0.2, -0.15) is 5.10 Å². The monoisotopic (exact) mass is 330 g/mol. The summed E-state index contributed by atoms with van der Waals surface area (Å²) in [6.07, 6.45) is 3.58. The van der Waals surface area contributed by atoms with Gasteiger partial charge in [0.15, 0.2) is 0 Å². The van der Waals surface area contributed by atoms with Gasteiger partial charge in [0.05, 0.1) is 5.69 Å². The molecule has 1 saturated heterocycles. The lowest BCUT2D eigenvalue weighted by molar-refractivity contribution is -0.131. The number of pyridine rings is 1. The first-order valence-electron chi connectivity index (χ1n) is 8.24. The van der Waals surface area contributed by atoms with Gasteiger partial charge in [-0.3, -0.25) is 19.7 Å². The van der Waals surface area contributed by atoms with E-state index in [4.69, 9.17) is 0 Å². The third kappa shape index (κ3) is 4.51. The molecule has 24 heavy (non-hydrogen) atoms. The van der Waals surface area contributed by atoms with Gasteiger partial charge in [-0.25, -0.2) is 9.89 Å². The molecule has 3 heterocycles. The van der Waals surface area contributed by atoms with E-state index in [1.807, 2.05) is 29.3 Å². The Morgan fingerprint density at radius 1 is 1.21 bits per heavy atom. The lowest BCUT2D eigenvalue weighted by Gasteiger charge is -2.21. The number of carbonyl (C=O) groups excluding carboxylic acids is 1. The molecule has 0 atom stereocenters. The van der Waals surface area contributed by atoms with Crippen LogP contribution >= 0.6 is 0 Å². The molecule has 1 fully saturated rings. The second-order valence-corrected chi connectivity index (χ2v) is 5.96. The second-order valence-electron chi connectivity index (χ2n) is 5.96. The minimum Gasteiger partial charge on any atom is -0.341 e. The van der Waals surface area contributed by atoms with Crippen LogP contribution in [0.15, 0.2) is 29.2 Å². The van der Waals surface area contributed by atoms with Gasteiger partial charge in [0.2, 0.25) is 5.91 Å². The van der Waals surface area contributed by atoms with Crippen molar-refractivity contribution < 1.29 is 4.79 Å². The fraction of sp³-hybridized carbons (Fsp3) is 0.500. The minimum absolute atomic E-state index is 0.110. The molecule has 1 aliphatic rings. The highest BCUT2D eigenvalue weighted by molar-refractivity contribution is 5.76. The van der Waals surface area contributed by atoms with E-state index in [9.17, 15) is 9.59 Å². The predicted octanol–water partition coefficient (Wildman–Crippen LogP) is 0.160. The molecule has 8 nitrogen and oxygen atoms in total. The number of hydrogen-bond acceptors (Lipinski definition) is 5. The lowest BCUT2D eigenvalue weighted by Crippen LogP contribution is -2.35. The van der Waals surface area contributed by atoms with Gasteiger partial charge in [0.25, 0.3) is 0 Å². The highest BCUT2D eigenvalue weighted by atomic mass is 16.2. The van der Waals surface area contributed by atoms with Crippen molar-refractivity contribution >= 4 is 5.91 Å². The van der Waals surface area contributed by atoms with E-state index in [1.54, 1.807) is 0 Å². The Balaban J connectivity index is 1.47. The molecule has 0 spiro atoms. The quantitative estimate of drug-likeness (QED) is 0.814. The molecule has 0 bridgehead atoms. The van der Waals surface area contributed by atoms with Crippen molar-refractivity contribution in [2.24, 2.45) is 0 Å². The van der Waals surface area contributed by atoms with Crippen molar-refractivity contribution in [2.75, 3.05) is 26.2 Å². The molecule has 1 amide bonds. The molecule has 2 N–H and O–H groups in total. The number of carbonyl (C=O) groups is 1. The summed E-state index contributed by atoms with van der Waals surface area (Å²) in [5, 5.41) is 6.14. The SMILES string of the molecule is O=C(CCc1n[nH]c(=O)[nH]1)N1CCCN(Cc2ccccn2)CC1. The zero-order valence-corrected chi connectivity index (χ0v) is 13.6. The van der Waals surface area contributed by atoms with E-state index in [0.29, 0.717) is 18.7 Å². The summed E-state index contributed by atoms with van der Waals surface area (Å²) in [6.45, 7) is 4.13. The van der Waals surface area contributed by atoms with Crippen LogP contribution < -0.4 is 5.69 Å². The highest BCUT2D eigenvalue weighted by Gasteiger charge is 2.19. The van der Waals surface area contributed by atoms with Crippen LogP contribution in [0.25, 0.3) is 0 Å². The Morgan fingerprint density at radius 2 is 2.12 bits per heavy atom. The summed E-state index contributed by atoms with van der Waals surface area (Å²) in [4.78, 5) is 34.5. The topological polar surface area (TPSA) is 98.0 Å². The predicted molar refractivity (Wildman–Crippen MR) is 88.2 cm³/mol. The zero-order chi connectivity index (χ0) is 16.8. The molecule has 0 aromatic carbocycles. The number of nitrogens with zero attached hydrogens (tertiary/aromatic N) is 4. The third-order valence-electron chi connectivity index (χ3n) is 4.18. The molecule has 1 aliphatic heterocycles. The minimum atomic E-state index is -0.336. The Bertz CT molecular complexity index is 711. The molecule has 2 aromatic heterocycles. The zero-order valence-electron chi connectivity index (χ0n) is 13.6. The van der Waals surface area contributed by atoms with Crippen molar-refractivity contribution in [3.63, 3.8) is 0 Å². The Morgan fingerprint density at radius 3 is 2.88 bits per heavy atom. The maximum absolute atomic E-state index is 12.4. The largest absolute Gasteiger partial charge is 0.341 e. The molecule has 0 aliphatic carbocycles. The Hall–Kier alpha value is -2.48. The molecule has 128 valence electrons. The van der Waals surface area contributed by atoms with Crippen LogP contribution in [0.4, 0.5) is 0 Å². The van der Waals surface area contributed by atoms with Crippen LogP contribution in [0.2, 0.25) is 0 Å². The van der Waals surface area contributed by atoms with Crippen LogP contribution in [0.1, 0.15) is 24.4 Å². The molecule has 2 aromatic rings. The smallest absolute Gasteiger partial charge is 0.340 e. The Labute approximate surface area is 139 Å². The Kier molecular flexibility index (Phi) is 5.37. The van der Waals surface area contributed by atoms with Crippen LogP contribution in [0.5, 0.6) is 0 Å². The van der Waals surface area contributed by atoms with E-state index >= 15 is 0 Å². The van der Waals surface area contributed by atoms with Crippen LogP contribution in [0, 0.1) is 0 Å². The number of amides is 1. The maximum atomic E-state index is 12.4. The molecule has 0 radical (unpaired) electrons. The van der Waals surface area contributed by atoms with Crippen molar-refractivity contribution in [3.8, 4) is 0 Å². The van der Waals surface area contributed by atoms with Crippen LogP contribution in [0.3, 0.4) is 0 Å². The molecule has 0 saturated carbocycles. The van der Waals surface area contributed by atoms with Crippen LogP contribution in [-0.4, -0.2) is 62.1 Å². The van der Waals surface area contributed by atoms with Crippen molar-refractivity contribution in [1.82, 2.24) is 30.0 Å². The fourth-order valence-electron chi connectivity index (χ4n) is 2.91. The fourth-order valence-corrected chi connectivity index (χ4v) is 2.91. The number of nitrogens with one attached hydrogen (secondary N) is 2. The van der Waals surface area contributed by atoms with Gasteiger partial charge in [-0.15, -0.1) is 0 Å². The highest BCUT2D eigenvalue weighted by Crippen LogP contribution is 2.09. The maximum Gasteiger partial charge on any atom is 0.340 e. The molecular weight excluding hydrogens is 308 g/mol. The first kappa shape index (κ1) is 16.4. The summed E-state index contributed by atoms with van der Waals surface area (Å²) in [7, 11) is 0. The number of aromatic amines is 2. The number of rotatable bonds is 5. The van der Waals surface area contributed by atoms with E-state index < -0.39 is 0 Å². The molecule has 8 heteroatoms. The summed E-state index contributed by atoms with van der Waals surface area (Å²) >= 11 is 0. The third-order valence-corrected chi connectivity index (χ3v) is 4.18. The summed E-state index contributed by atoms with van der Waals surface area (Å²) < 4.78 is 0. The number of hydrogen-bond donors (Lipinski definition) is 2. The van der Waals surface area contributed by atoms with E-state index in [-0.39, 0.29) is 11.6 Å². The number of aryl methyl sites for hydroxylation is 1. The van der Waals surface area contributed by atoms with E-state index in [1.165, 1.54) is 0 Å². The van der Waals surface area contributed by atoms with E-state index in [2.05, 4.69) is 25.1 Å². The molecular formula is C16H22N6O2. The molecule has 3 rings (SSSR count). The van der Waals surface area contributed by atoms with Crippen molar-refractivity contribution in [1.29, 1.82) is 0 Å². The average Bonchev–Trinajstić information content (AvgIpc) is 2.87. The van der Waals surface area contributed by atoms with Gasteiger partial charge in [0, 0.05) is 51.8 Å². The molecule has 0 unspecified atom stereocenters. The van der Waals surface area contributed by atoms with Crippen molar-refractivity contribution in [2.45, 2.75) is 25.8 Å². The lowest BCUT2D eigenvalue weighted by atomic mass is 10.2. The summed E-state index contributed by atoms with van der Waals surface area (Å²) in [6, 6.07) is 5.94. The number of H-pyrrole nitrogens is 2. The van der Waals surface area contributed by atoms with Gasteiger partial charge in [0.1, 0.15) is 5.82 Å². The average molecular weight is 330 g/mol.